The van der Waals surface area contributed by atoms with E-state index >= 15 is 0 Å². The molecule has 0 aliphatic rings. The quantitative estimate of drug-likeness (QED) is 0.683. The second-order valence-corrected chi connectivity index (χ2v) is 5.74. The minimum atomic E-state index is -4.47. The van der Waals surface area contributed by atoms with Crippen molar-refractivity contribution in [1.82, 2.24) is 9.97 Å². The fourth-order valence-electron chi connectivity index (χ4n) is 1.92. The molecule has 8 heteroatoms. The lowest BCUT2D eigenvalue weighted by Crippen LogP contribution is -2.05. The molecule has 0 saturated heterocycles. The number of benzene rings is 1. The van der Waals surface area contributed by atoms with Crippen molar-refractivity contribution in [3.05, 3.63) is 59.2 Å². The van der Waals surface area contributed by atoms with E-state index in [1.807, 2.05) is 25.1 Å². The van der Waals surface area contributed by atoms with Gasteiger partial charge in [-0.25, -0.2) is 9.97 Å². The smallest absolute Gasteiger partial charge is 0.434 e. The highest BCUT2D eigenvalue weighted by atomic mass is 32.1. The predicted molar refractivity (Wildman–Crippen MR) is 85.9 cm³/mol. The first-order valence-corrected chi connectivity index (χ1v) is 7.80. The van der Waals surface area contributed by atoms with Gasteiger partial charge in [-0.2, -0.15) is 13.2 Å². The third-order valence-electron chi connectivity index (χ3n) is 3.11. The first kappa shape index (κ1) is 16.3. The second-order valence-electron chi connectivity index (χ2n) is 4.88. The molecule has 24 heavy (non-hydrogen) atoms. The SMILES string of the molecule is Cc1ccccc1Oc1ncccc1Nc1nc(C(F)(F)F)cs1. The topological polar surface area (TPSA) is 47.0 Å². The van der Waals surface area contributed by atoms with Crippen molar-refractivity contribution >= 4 is 22.2 Å². The van der Waals surface area contributed by atoms with Crippen LogP contribution in [-0.4, -0.2) is 9.97 Å². The Morgan fingerprint density at radius 2 is 1.92 bits per heavy atom. The summed E-state index contributed by atoms with van der Waals surface area (Å²) in [5, 5.41) is 3.90. The van der Waals surface area contributed by atoms with Gasteiger partial charge in [0.1, 0.15) is 11.4 Å². The zero-order chi connectivity index (χ0) is 17.2. The number of hydrogen-bond donors (Lipinski definition) is 1. The summed E-state index contributed by atoms with van der Waals surface area (Å²) in [5.74, 6) is 0.880. The lowest BCUT2D eigenvalue weighted by Gasteiger charge is -2.11. The molecular formula is C16H12F3N3OS. The normalized spacial score (nSPS) is 11.3. The Bertz CT molecular complexity index is 848. The maximum atomic E-state index is 12.6. The second kappa shape index (κ2) is 6.48. The summed E-state index contributed by atoms with van der Waals surface area (Å²) in [6, 6.07) is 10.7. The molecule has 0 bridgehead atoms. The molecule has 2 heterocycles. The number of aromatic nitrogens is 2. The summed E-state index contributed by atoms with van der Waals surface area (Å²) in [6.45, 7) is 1.89. The number of pyridine rings is 1. The number of nitrogens with zero attached hydrogens (tertiary/aromatic N) is 2. The van der Waals surface area contributed by atoms with Crippen LogP contribution in [0.1, 0.15) is 11.3 Å². The Morgan fingerprint density at radius 1 is 1.12 bits per heavy atom. The van der Waals surface area contributed by atoms with E-state index < -0.39 is 11.9 Å². The van der Waals surface area contributed by atoms with Crippen molar-refractivity contribution in [1.29, 1.82) is 0 Å². The zero-order valence-corrected chi connectivity index (χ0v) is 13.3. The Hall–Kier alpha value is -2.61. The molecule has 2 aromatic heterocycles. The van der Waals surface area contributed by atoms with Crippen molar-refractivity contribution in [3.8, 4) is 11.6 Å². The van der Waals surface area contributed by atoms with Crippen LogP contribution in [0, 0.1) is 6.92 Å². The van der Waals surface area contributed by atoms with Gasteiger partial charge in [0, 0.05) is 11.6 Å². The van der Waals surface area contributed by atoms with Gasteiger partial charge >= 0.3 is 6.18 Å². The molecule has 4 nitrogen and oxygen atoms in total. The van der Waals surface area contributed by atoms with Crippen molar-refractivity contribution in [3.63, 3.8) is 0 Å². The van der Waals surface area contributed by atoms with E-state index in [0.29, 0.717) is 11.4 Å². The van der Waals surface area contributed by atoms with Crippen LogP contribution in [0.5, 0.6) is 11.6 Å². The highest BCUT2D eigenvalue weighted by molar-refractivity contribution is 7.13. The molecular weight excluding hydrogens is 339 g/mol. The van der Waals surface area contributed by atoms with Crippen molar-refractivity contribution in [2.24, 2.45) is 0 Å². The van der Waals surface area contributed by atoms with Crippen LogP contribution >= 0.6 is 11.3 Å². The van der Waals surface area contributed by atoms with E-state index in [9.17, 15) is 13.2 Å². The van der Waals surface area contributed by atoms with Crippen LogP contribution in [0.2, 0.25) is 0 Å². The average Bonchev–Trinajstić information content (AvgIpc) is 3.00. The number of alkyl halides is 3. The van der Waals surface area contributed by atoms with Crippen LogP contribution < -0.4 is 10.1 Å². The summed E-state index contributed by atoms with van der Waals surface area (Å²) in [7, 11) is 0. The zero-order valence-electron chi connectivity index (χ0n) is 12.5. The number of para-hydroxylation sites is 1. The van der Waals surface area contributed by atoms with E-state index in [1.165, 1.54) is 0 Å². The molecule has 0 amide bonds. The van der Waals surface area contributed by atoms with E-state index in [0.717, 1.165) is 22.3 Å². The Kier molecular flexibility index (Phi) is 4.39. The number of halogens is 3. The van der Waals surface area contributed by atoms with Crippen LogP contribution in [-0.2, 0) is 6.18 Å². The van der Waals surface area contributed by atoms with Gasteiger partial charge < -0.3 is 10.1 Å². The molecule has 3 aromatic rings. The van der Waals surface area contributed by atoms with Crippen molar-refractivity contribution < 1.29 is 17.9 Å². The molecule has 0 spiro atoms. The first-order chi connectivity index (χ1) is 11.4. The number of thiazole rings is 1. The number of ether oxygens (including phenoxy) is 1. The molecule has 3 rings (SSSR count). The molecule has 0 aliphatic carbocycles. The van der Waals surface area contributed by atoms with E-state index in [2.05, 4.69) is 15.3 Å². The number of nitrogens with one attached hydrogen (secondary N) is 1. The van der Waals surface area contributed by atoms with Crippen LogP contribution in [0.4, 0.5) is 24.0 Å². The number of anilines is 2. The summed E-state index contributed by atoms with van der Waals surface area (Å²) in [4.78, 5) is 7.68. The fraction of sp³-hybridized carbons (Fsp3) is 0.125. The van der Waals surface area contributed by atoms with Gasteiger partial charge in [0.2, 0.25) is 5.88 Å². The predicted octanol–water partition coefficient (Wildman–Crippen LogP) is 5.40. The first-order valence-electron chi connectivity index (χ1n) is 6.92. The van der Waals surface area contributed by atoms with Crippen molar-refractivity contribution in [2.75, 3.05) is 5.32 Å². The van der Waals surface area contributed by atoms with Gasteiger partial charge in [0.15, 0.2) is 10.8 Å². The molecule has 0 atom stereocenters. The van der Waals surface area contributed by atoms with E-state index in [4.69, 9.17) is 4.74 Å². The standard InChI is InChI=1S/C16H12F3N3OS/c1-10-5-2-3-7-12(10)23-14-11(6-4-8-20-14)21-15-22-13(9-24-15)16(17,18)19/h2-9H,1H3,(H,21,22). The summed E-state index contributed by atoms with van der Waals surface area (Å²) < 4.78 is 43.7. The van der Waals surface area contributed by atoms with Gasteiger partial charge in [-0.05, 0) is 30.7 Å². The minimum absolute atomic E-state index is 0.116. The average molecular weight is 351 g/mol. The van der Waals surface area contributed by atoms with Crippen LogP contribution in [0.15, 0.2) is 48.0 Å². The molecule has 1 aromatic carbocycles. The van der Waals surface area contributed by atoms with Crippen LogP contribution in [0.25, 0.3) is 0 Å². The van der Waals surface area contributed by atoms with E-state index in [-0.39, 0.29) is 11.0 Å². The summed E-state index contributed by atoms with van der Waals surface area (Å²) in [5.41, 5.74) is 0.423. The van der Waals surface area contributed by atoms with Gasteiger partial charge in [-0.15, -0.1) is 11.3 Å². The van der Waals surface area contributed by atoms with Gasteiger partial charge in [-0.1, -0.05) is 18.2 Å². The number of rotatable bonds is 4. The fourth-order valence-corrected chi connectivity index (χ4v) is 2.65. The van der Waals surface area contributed by atoms with Gasteiger partial charge in [0.25, 0.3) is 0 Å². The maximum absolute atomic E-state index is 12.6. The lowest BCUT2D eigenvalue weighted by molar-refractivity contribution is -0.140. The molecule has 0 unspecified atom stereocenters. The molecule has 1 N–H and O–H groups in total. The third kappa shape index (κ3) is 3.65. The number of hydrogen-bond acceptors (Lipinski definition) is 5. The monoisotopic (exact) mass is 351 g/mol. The van der Waals surface area contributed by atoms with E-state index in [1.54, 1.807) is 24.4 Å². The molecule has 0 aliphatic heterocycles. The summed E-state index contributed by atoms with van der Waals surface area (Å²) in [6.07, 6.45) is -2.92. The summed E-state index contributed by atoms with van der Waals surface area (Å²) >= 11 is 0.864. The highest BCUT2D eigenvalue weighted by Gasteiger charge is 2.33. The minimum Gasteiger partial charge on any atom is -0.437 e. The van der Waals surface area contributed by atoms with Gasteiger partial charge in [-0.3, -0.25) is 0 Å². The lowest BCUT2D eigenvalue weighted by atomic mass is 10.2. The molecule has 0 saturated carbocycles. The van der Waals surface area contributed by atoms with Crippen molar-refractivity contribution in [2.45, 2.75) is 13.1 Å². The molecule has 0 radical (unpaired) electrons. The third-order valence-corrected chi connectivity index (χ3v) is 3.87. The Balaban J connectivity index is 1.85. The maximum Gasteiger partial charge on any atom is 0.434 e. The van der Waals surface area contributed by atoms with Crippen LogP contribution in [0.3, 0.4) is 0 Å². The molecule has 124 valence electrons. The largest absolute Gasteiger partial charge is 0.437 e. The Morgan fingerprint density at radius 3 is 2.62 bits per heavy atom. The molecule has 0 fully saturated rings. The van der Waals surface area contributed by atoms with Gasteiger partial charge in [0.05, 0.1) is 0 Å². The number of aryl methyl sites for hydroxylation is 1. The highest BCUT2D eigenvalue weighted by Crippen LogP contribution is 2.35. The Labute approximate surface area is 140 Å².